The molecule has 3 aliphatic rings. The average molecular weight is 751 g/mol. The van der Waals surface area contributed by atoms with Gasteiger partial charge in [0.1, 0.15) is 23.3 Å². The van der Waals surface area contributed by atoms with E-state index in [9.17, 15) is 8.78 Å². The fourth-order valence-corrected chi connectivity index (χ4v) is 10.7. The smallest absolute Gasteiger partial charge is 0.133 e. The van der Waals surface area contributed by atoms with E-state index in [2.05, 4.69) is 90.1 Å². The molecule has 0 bridgehead atoms. The van der Waals surface area contributed by atoms with Crippen LogP contribution in [0.3, 0.4) is 0 Å². The third-order valence-electron chi connectivity index (χ3n) is 13.7. The molecule has 3 aliphatic carbocycles. The van der Waals surface area contributed by atoms with Gasteiger partial charge in [0.25, 0.3) is 0 Å². The van der Waals surface area contributed by atoms with Gasteiger partial charge in [-0.15, -0.1) is 0 Å². The first-order chi connectivity index (χ1) is 27.2. The highest BCUT2D eigenvalue weighted by atomic mass is 19.1. The van der Waals surface area contributed by atoms with Gasteiger partial charge in [0, 0.05) is 39.5 Å². The molecule has 0 saturated carbocycles. The highest BCUT2D eigenvalue weighted by Crippen LogP contribution is 2.61. The summed E-state index contributed by atoms with van der Waals surface area (Å²) < 4.78 is 59.0. The molecule has 0 fully saturated rings. The van der Waals surface area contributed by atoms with Gasteiger partial charge in [0.15, 0.2) is 0 Å². The van der Waals surface area contributed by atoms with Gasteiger partial charge in [0.2, 0.25) is 0 Å². The Morgan fingerprint density at radius 2 is 0.614 bits per heavy atom. The zero-order valence-electron chi connectivity index (χ0n) is 32.6. The summed E-state index contributed by atoms with van der Waals surface area (Å²) in [6.45, 7) is 13.6. The van der Waals surface area contributed by atoms with Crippen molar-refractivity contribution in [3.05, 3.63) is 178 Å². The standard InChI is InChI=1S/C53H38F4/c1-51(2)41-25-39-43(52(3,4)45-21-35(31-17-15-27(54)19-47(31)56)29-11-7-9-13-33(29)49(39)45)23-37(41)38-24-44-40(26-42(38)51)50-34-14-10-8-12-30(34)36(22-46(50)53(44,5)6)32-18-16-28(55)20-48(32)57/h7-26H,1-6H3. The van der Waals surface area contributed by atoms with Crippen LogP contribution >= 0.6 is 0 Å². The van der Waals surface area contributed by atoms with Crippen LogP contribution in [0.1, 0.15) is 74.9 Å². The van der Waals surface area contributed by atoms with E-state index in [0.29, 0.717) is 11.1 Å². The lowest BCUT2D eigenvalue weighted by atomic mass is 9.78. The Bertz CT molecular complexity index is 2930. The first-order valence-corrected chi connectivity index (χ1v) is 19.6. The van der Waals surface area contributed by atoms with E-state index < -0.39 is 34.1 Å². The molecule has 0 radical (unpaired) electrons. The average Bonchev–Trinajstić information content (AvgIpc) is 3.65. The number of hydrogen-bond donors (Lipinski definition) is 0. The summed E-state index contributed by atoms with van der Waals surface area (Å²) in [5.74, 6) is -2.34. The molecule has 0 atom stereocenters. The summed E-state index contributed by atoms with van der Waals surface area (Å²) in [7, 11) is 0. The van der Waals surface area contributed by atoms with Crippen LogP contribution in [0.4, 0.5) is 17.6 Å². The number of hydrogen-bond acceptors (Lipinski definition) is 0. The van der Waals surface area contributed by atoms with Gasteiger partial charge in [-0.25, -0.2) is 17.6 Å². The summed E-state index contributed by atoms with van der Waals surface area (Å²) in [5, 5.41) is 3.97. The van der Waals surface area contributed by atoms with Gasteiger partial charge in [-0.2, -0.15) is 0 Å². The van der Waals surface area contributed by atoms with E-state index in [1.165, 1.54) is 67.8 Å². The Morgan fingerprint density at radius 1 is 0.298 bits per heavy atom. The van der Waals surface area contributed by atoms with Crippen molar-refractivity contribution in [1.82, 2.24) is 0 Å². The van der Waals surface area contributed by atoms with Crippen LogP contribution < -0.4 is 0 Å². The summed E-state index contributed by atoms with van der Waals surface area (Å²) in [6.07, 6.45) is 0. The van der Waals surface area contributed by atoms with E-state index in [-0.39, 0.29) is 5.41 Å². The second-order valence-electron chi connectivity index (χ2n) is 17.8. The Balaban J connectivity index is 1.12. The highest BCUT2D eigenvalue weighted by Gasteiger charge is 2.45. The molecule has 0 saturated heterocycles. The van der Waals surface area contributed by atoms with Gasteiger partial charge < -0.3 is 0 Å². The molecule has 0 nitrogen and oxygen atoms in total. The molecule has 0 unspecified atom stereocenters. The second-order valence-corrected chi connectivity index (χ2v) is 17.8. The fourth-order valence-electron chi connectivity index (χ4n) is 10.7. The van der Waals surface area contributed by atoms with Crippen molar-refractivity contribution in [3.8, 4) is 55.6 Å². The van der Waals surface area contributed by atoms with Gasteiger partial charge in [-0.1, -0.05) is 90.1 Å². The summed E-state index contributed by atoms with van der Waals surface area (Å²) in [6, 6.07) is 37.9. The van der Waals surface area contributed by atoms with E-state index in [0.717, 1.165) is 55.9 Å². The Labute approximate surface area is 329 Å². The third kappa shape index (κ3) is 4.39. The molecule has 57 heavy (non-hydrogen) atoms. The monoisotopic (exact) mass is 750 g/mol. The largest absolute Gasteiger partial charge is 0.207 e. The molecule has 8 aromatic rings. The SMILES string of the molecule is CC1(C)c2cc3c(cc2-c2cc4c(cc21)-c1c(cc(-c2ccc(F)cc2F)c2ccccc12)C4(C)C)C(C)(C)c1cc(-c2ccc(F)cc2F)c2ccccc2c1-3. The van der Waals surface area contributed by atoms with Gasteiger partial charge in [-0.3, -0.25) is 0 Å². The molecular weight excluding hydrogens is 713 g/mol. The predicted octanol–water partition coefficient (Wildman–Crippen LogP) is 14.8. The lowest BCUT2D eigenvalue weighted by Crippen LogP contribution is -2.17. The van der Waals surface area contributed by atoms with Crippen LogP contribution in [0.2, 0.25) is 0 Å². The highest BCUT2D eigenvalue weighted by molar-refractivity contribution is 6.11. The third-order valence-corrected chi connectivity index (χ3v) is 13.7. The minimum Gasteiger partial charge on any atom is -0.207 e. The van der Waals surface area contributed by atoms with Crippen LogP contribution in [0, 0.1) is 23.3 Å². The normalized spacial score (nSPS) is 16.0. The Hall–Kier alpha value is -6.00. The van der Waals surface area contributed by atoms with Crippen LogP contribution in [0.15, 0.2) is 121 Å². The summed E-state index contributed by atoms with van der Waals surface area (Å²) in [5.41, 5.74) is 15.6. The minimum absolute atomic E-state index is 0.325. The van der Waals surface area contributed by atoms with Crippen LogP contribution in [-0.2, 0) is 16.2 Å². The van der Waals surface area contributed by atoms with Crippen LogP contribution in [0.25, 0.3) is 77.2 Å². The summed E-state index contributed by atoms with van der Waals surface area (Å²) >= 11 is 0. The van der Waals surface area contributed by atoms with Crippen molar-refractivity contribution < 1.29 is 17.6 Å². The Kier molecular flexibility index (Phi) is 6.67. The van der Waals surface area contributed by atoms with E-state index in [1.807, 2.05) is 36.4 Å². The molecule has 0 aromatic heterocycles. The number of benzene rings is 8. The molecule has 11 rings (SSSR count). The molecule has 8 aromatic carbocycles. The van der Waals surface area contributed by atoms with Gasteiger partial charge in [0.05, 0.1) is 0 Å². The number of halogens is 4. The summed E-state index contributed by atoms with van der Waals surface area (Å²) in [4.78, 5) is 0. The quantitative estimate of drug-likeness (QED) is 0.154. The maximum atomic E-state index is 15.4. The van der Waals surface area contributed by atoms with Gasteiger partial charge >= 0.3 is 0 Å². The van der Waals surface area contributed by atoms with Crippen molar-refractivity contribution in [2.75, 3.05) is 0 Å². The molecule has 0 N–H and O–H groups in total. The van der Waals surface area contributed by atoms with E-state index in [1.54, 1.807) is 12.1 Å². The number of fused-ring (bicyclic) bond motifs is 13. The van der Waals surface area contributed by atoms with Crippen LogP contribution in [0.5, 0.6) is 0 Å². The van der Waals surface area contributed by atoms with Crippen molar-refractivity contribution in [3.63, 3.8) is 0 Å². The van der Waals surface area contributed by atoms with Crippen molar-refractivity contribution >= 4 is 21.5 Å². The van der Waals surface area contributed by atoms with E-state index in [4.69, 9.17) is 0 Å². The molecular formula is C53H38F4. The zero-order valence-corrected chi connectivity index (χ0v) is 32.6. The molecule has 0 amide bonds. The lowest BCUT2D eigenvalue weighted by Gasteiger charge is -2.25. The fraction of sp³-hybridized carbons (Fsp3) is 0.170. The molecule has 4 heteroatoms. The maximum absolute atomic E-state index is 15.4. The maximum Gasteiger partial charge on any atom is 0.133 e. The van der Waals surface area contributed by atoms with Crippen molar-refractivity contribution in [2.45, 2.75) is 57.8 Å². The second kappa shape index (κ2) is 11.1. The van der Waals surface area contributed by atoms with Crippen molar-refractivity contribution in [2.24, 2.45) is 0 Å². The predicted molar refractivity (Wildman–Crippen MR) is 225 cm³/mol. The molecule has 0 aliphatic heterocycles. The topological polar surface area (TPSA) is 0 Å². The lowest BCUT2D eigenvalue weighted by molar-refractivity contribution is 0.585. The molecule has 0 spiro atoms. The Morgan fingerprint density at radius 3 is 1.00 bits per heavy atom. The van der Waals surface area contributed by atoms with Gasteiger partial charge in [-0.05, 0) is 160 Å². The van der Waals surface area contributed by atoms with Crippen LogP contribution in [-0.4, -0.2) is 0 Å². The first-order valence-electron chi connectivity index (χ1n) is 19.6. The number of rotatable bonds is 2. The minimum atomic E-state index is -0.594. The molecule has 0 heterocycles. The molecule has 278 valence electrons. The zero-order chi connectivity index (χ0) is 39.5. The van der Waals surface area contributed by atoms with Crippen molar-refractivity contribution in [1.29, 1.82) is 0 Å². The first kappa shape index (κ1) is 34.3. The van der Waals surface area contributed by atoms with E-state index >= 15 is 8.78 Å².